The second kappa shape index (κ2) is 9.03. The fourth-order valence-corrected chi connectivity index (χ4v) is 10.3. The van der Waals surface area contributed by atoms with Crippen LogP contribution in [-0.4, -0.2) is 23.7 Å². The summed E-state index contributed by atoms with van der Waals surface area (Å²) in [5.41, 5.74) is 9.71. The molecule has 0 spiro atoms. The molecule has 4 aromatic heterocycles. The minimum Gasteiger partial charge on any atom is -0.399 e. The van der Waals surface area contributed by atoms with Crippen molar-refractivity contribution in [1.29, 1.82) is 0 Å². The first kappa shape index (κ1) is 28.5. The molecule has 0 aliphatic heterocycles. The molecule has 0 atom stereocenters. The van der Waals surface area contributed by atoms with Gasteiger partial charge in [0, 0.05) is 50.1 Å². The average Bonchev–Trinajstić information content (AvgIpc) is 3.79. The van der Waals surface area contributed by atoms with Crippen LogP contribution in [0.4, 0.5) is 11.4 Å². The van der Waals surface area contributed by atoms with E-state index in [1.54, 1.807) is 10.5 Å². The minimum absolute atomic E-state index is 0.0936. The molecule has 10 heteroatoms. The Balaban J connectivity index is 1.13. The van der Waals surface area contributed by atoms with Gasteiger partial charge in [0.1, 0.15) is 11.3 Å². The number of aromatic nitrogens is 4. The second-order valence-electron chi connectivity index (χ2n) is 15.0. The van der Waals surface area contributed by atoms with Gasteiger partial charge in [0.2, 0.25) is 0 Å². The zero-order chi connectivity index (χ0) is 37.0. The van der Waals surface area contributed by atoms with Crippen molar-refractivity contribution < 1.29 is 4.92 Å². The summed E-state index contributed by atoms with van der Waals surface area (Å²) >= 11 is 0. The van der Waals surface area contributed by atoms with Crippen molar-refractivity contribution in [2.75, 3.05) is 5.73 Å². The van der Waals surface area contributed by atoms with Crippen LogP contribution in [0.1, 0.15) is 0 Å². The maximum Gasteiger partial charge on any atom is 0.271 e. The van der Waals surface area contributed by atoms with E-state index in [9.17, 15) is 19.7 Å². The van der Waals surface area contributed by atoms with E-state index < -0.39 is 4.92 Å². The first-order chi connectivity index (χ1) is 27.4. The number of hydrogen-bond acceptors (Lipinski definition) is 7. The largest absolute Gasteiger partial charge is 0.399 e. The van der Waals surface area contributed by atoms with Crippen LogP contribution in [0.5, 0.6) is 0 Å². The summed E-state index contributed by atoms with van der Waals surface area (Å²) in [6, 6.07) is 35.1. The van der Waals surface area contributed by atoms with Gasteiger partial charge in [0.25, 0.3) is 16.8 Å². The summed E-state index contributed by atoms with van der Waals surface area (Å²) in [7, 11) is 0. The van der Waals surface area contributed by atoms with Crippen molar-refractivity contribution in [3.63, 3.8) is 0 Å². The van der Waals surface area contributed by atoms with E-state index in [1.165, 1.54) is 16.5 Å². The van der Waals surface area contributed by atoms with Crippen LogP contribution >= 0.6 is 0 Å². The Labute approximate surface area is 310 Å². The molecule has 0 amide bonds. The maximum absolute atomic E-state index is 14.3. The number of anilines is 1. The lowest BCUT2D eigenvalue weighted by Crippen LogP contribution is -2.13. The van der Waals surface area contributed by atoms with Crippen molar-refractivity contribution in [2.45, 2.75) is 0 Å². The first-order valence-corrected chi connectivity index (χ1v) is 18.2. The minimum atomic E-state index is -0.458. The fourth-order valence-electron chi connectivity index (χ4n) is 10.3. The van der Waals surface area contributed by atoms with Crippen LogP contribution < -0.4 is 16.9 Å². The molecule has 0 aliphatic carbocycles. The predicted octanol–water partition coefficient (Wildman–Crippen LogP) is 9.63. The molecule has 2 N–H and O–H groups in total. The SMILES string of the molecule is Nc1ccc2nc3c4ccc5c6ccc7c8ccc9c(=O)n%10c%11cc([N+](=O)[O-])ccc%11nc%10c%10ccc(c%11ccc(c%12ccc(c(=O)n3c2c1)c4c5%12)c6c7%11)c8c9%10. The topological polar surface area (TPSA) is 138 Å². The number of benzene rings is 10. The Kier molecular flexibility index (Phi) is 4.60. The fraction of sp³-hybridized carbons (Fsp3) is 0. The molecule has 10 nitrogen and oxygen atoms in total. The van der Waals surface area contributed by atoms with Crippen LogP contribution in [-0.2, 0) is 0 Å². The molecular formula is C46H20N6O4. The van der Waals surface area contributed by atoms with Crippen molar-refractivity contribution >= 4 is 142 Å². The number of fused-ring (bicyclic) bond motifs is 12. The highest BCUT2D eigenvalue weighted by Gasteiger charge is 2.25. The number of hydrogen-bond donors (Lipinski definition) is 1. The average molecular weight is 721 g/mol. The Morgan fingerprint density at radius 1 is 0.446 bits per heavy atom. The monoisotopic (exact) mass is 720 g/mol. The van der Waals surface area contributed by atoms with Gasteiger partial charge in [-0.05, 0) is 113 Å². The van der Waals surface area contributed by atoms with Gasteiger partial charge in [-0.1, -0.05) is 48.5 Å². The third-order valence-corrected chi connectivity index (χ3v) is 12.5. The molecule has 0 aliphatic rings. The van der Waals surface area contributed by atoms with E-state index in [-0.39, 0.29) is 16.8 Å². The van der Waals surface area contributed by atoms with Gasteiger partial charge >= 0.3 is 0 Å². The van der Waals surface area contributed by atoms with Gasteiger partial charge in [-0.2, -0.15) is 0 Å². The van der Waals surface area contributed by atoms with Gasteiger partial charge in [0.05, 0.1) is 27.0 Å². The van der Waals surface area contributed by atoms with Crippen LogP contribution in [0.15, 0.2) is 119 Å². The maximum atomic E-state index is 14.3. The zero-order valence-corrected chi connectivity index (χ0v) is 28.8. The lowest BCUT2D eigenvalue weighted by molar-refractivity contribution is -0.384. The van der Waals surface area contributed by atoms with Crippen LogP contribution in [0, 0.1) is 10.1 Å². The molecular weight excluding hydrogens is 701 g/mol. The molecule has 0 saturated carbocycles. The summed E-state index contributed by atoms with van der Waals surface area (Å²) in [4.78, 5) is 49.5. The number of nitro groups is 1. The highest BCUT2D eigenvalue weighted by Crippen LogP contribution is 2.49. The molecule has 10 aromatic carbocycles. The van der Waals surface area contributed by atoms with Crippen molar-refractivity contribution in [1.82, 2.24) is 18.8 Å². The summed E-state index contributed by atoms with van der Waals surface area (Å²) in [6.45, 7) is 0. The van der Waals surface area contributed by atoms with Gasteiger partial charge < -0.3 is 5.73 Å². The Bertz CT molecular complexity index is 4250. The molecule has 0 fully saturated rings. The Hall–Kier alpha value is -7.98. The van der Waals surface area contributed by atoms with Crippen molar-refractivity contribution in [3.05, 3.63) is 140 Å². The Morgan fingerprint density at radius 2 is 0.786 bits per heavy atom. The first-order valence-electron chi connectivity index (χ1n) is 18.2. The molecule has 4 heterocycles. The van der Waals surface area contributed by atoms with E-state index in [2.05, 4.69) is 48.5 Å². The molecule has 0 radical (unpaired) electrons. The smallest absolute Gasteiger partial charge is 0.271 e. The second-order valence-corrected chi connectivity index (χ2v) is 15.0. The Morgan fingerprint density at radius 3 is 1.20 bits per heavy atom. The van der Waals surface area contributed by atoms with Crippen LogP contribution in [0.2, 0.25) is 0 Å². The highest BCUT2D eigenvalue weighted by atomic mass is 16.6. The molecule has 0 bridgehead atoms. The normalized spacial score (nSPS) is 13.0. The number of nitrogen functional groups attached to an aromatic ring is 1. The third kappa shape index (κ3) is 3.01. The quantitative estimate of drug-likeness (QED) is 0.0586. The summed E-state index contributed by atoms with van der Waals surface area (Å²) in [6.07, 6.45) is 0. The van der Waals surface area contributed by atoms with Crippen LogP contribution in [0.25, 0.3) is 130 Å². The summed E-state index contributed by atoms with van der Waals surface area (Å²) < 4.78 is 3.20. The number of pyridine rings is 2. The van der Waals surface area contributed by atoms with Gasteiger partial charge in [-0.3, -0.25) is 28.5 Å². The summed E-state index contributed by atoms with van der Waals surface area (Å²) in [5.74, 6) is 0. The van der Waals surface area contributed by atoms with E-state index >= 15 is 0 Å². The van der Waals surface area contributed by atoms with Crippen molar-refractivity contribution in [3.8, 4) is 0 Å². The molecule has 14 rings (SSSR count). The third-order valence-electron chi connectivity index (χ3n) is 12.5. The molecule has 258 valence electrons. The molecule has 0 unspecified atom stereocenters. The number of nitrogens with zero attached hydrogens (tertiary/aromatic N) is 5. The lowest BCUT2D eigenvalue weighted by Gasteiger charge is -2.21. The van der Waals surface area contributed by atoms with Gasteiger partial charge in [-0.25, -0.2) is 9.97 Å². The highest BCUT2D eigenvalue weighted by molar-refractivity contribution is 6.45. The summed E-state index contributed by atoms with van der Waals surface area (Å²) in [5, 5.41) is 29.2. The van der Waals surface area contributed by atoms with Gasteiger partial charge in [0.15, 0.2) is 0 Å². The van der Waals surface area contributed by atoms with E-state index in [0.717, 1.165) is 91.7 Å². The number of imidazole rings is 2. The number of non-ortho nitro benzene ring substituents is 1. The van der Waals surface area contributed by atoms with E-state index in [4.69, 9.17) is 15.7 Å². The van der Waals surface area contributed by atoms with E-state index in [0.29, 0.717) is 44.3 Å². The van der Waals surface area contributed by atoms with Crippen LogP contribution in [0.3, 0.4) is 0 Å². The molecule has 56 heavy (non-hydrogen) atoms. The number of rotatable bonds is 1. The number of nitrogens with two attached hydrogens (primary N) is 1. The number of nitro benzene ring substituents is 1. The van der Waals surface area contributed by atoms with Crippen molar-refractivity contribution in [2.24, 2.45) is 0 Å². The van der Waals surface area contributed by atoms with E-state index in [1.807, 2.05) is 42.5 Å². The molecule has 14 aromatic rings. The standard InChI is InChI=1S/C46H20N6O4/c47-19-1-15-33-35(17-19)50-43(48-33)29-11-7-25-21-3-6-24-28-10-14-32-42-30(44-49-34-16-2-20(52(55)56)18-36(34)51(44)46(32)54)12-8-26(40(28)42)22-4-5-23(37(21)38(22)24)27-9-13-31(45(50)53)41(29)39(25)27/h1-18H,47H2. The predicted molar refractivity (Wildman–Crippen MR) is 225 cm³/mol. The zero-order valence-electron chi connectivity index (χ0n) is 28.8. The molecule has 0 saturated heterocycles. The lowest BCUT2D eigenvalue weighted by atomic mass is 9.82. The van der Waals surface area contributed by atoms with Gasteiger partial charge in [-0.15, -0.1) is 0 Å².